The van der Waals surface area contributed by atoms with Gasteiger partial charge in [-0.15, -0.1) is 0 Å². The summed E-state index contributed by atoms with van der Waals surface area (Å²) in [7, 11) is -7.01. The van der Waals surface area contributed by atoms with Gasteiger partial charge < -0.3 is 4.92 Å². The standard InChI is InChI=1S/C36H17BF20N3P/c1-5-11-37(12-14(38)18(42)22(46)19(43)15(12)39,13-16(40)20(44)23(47)21(45)17(13)41)60(34-9(3)6-8(2)7-10(34)4)58-59-61(11,35-30(54)26(50)24(48)27(51)31(35)55)36-32(56)28(52)25(49)29(53)33(36)57/h6-7,11H,5H2,1-4H3/t11-/m1/s1. The van der Waals surface area contributed by atoms with E-state index in [0.29, 0.717) is 6.92 Å². The van der Waals surface area contributed by atoms with Crippen molar-refractivity contribution in [3.05, 3.63) is 145 Å². The minimum absolute atomic E-state index is 0.204. The van der Waals surface area contributed by atoms with Crippen LogP contribution in [-0.2, 0) is 0 Å². The molecule has 5 aromatic carbocycles. The SMILES string of the molecule is CC[C@@H]1[B-](c2c(F)c(F)c(F)c(F)c2F)(c2c(F)c(F)c(F)c(F)c2F)N(c2c(C)cc(C)cc2C)N=N[P+]1(c1c(F)c(F)c(F)c(F)c1F)c1c(F)c(F)c(F)c(F)c1F. The summed E-state index contributed by atoms with van der Waals surface area (Å²) in [4.78, 5) is 3.05. The predicted molar refractivity (Wildman–Crippen MR) is 178 cm³/mol. The highest BCUT2D eigenvalue weighted by atomic mass is 31.2. The van der Waals surface area contributed by atoms with Crippen molar-refractivity contribution in [2.75, 3.05) is 4.92 Å². The Balaban J connectivity index is 2.14. The molecule has 0 aliphatic carbocycles. The summed E-state index contributed by atoms with van der Waals surface area (Å²) in [6, 6.07) is 2.11. The highest BCUT2D eigenvalue weighted by Gasteiger charge is 2.70. The number of rotatable bonds is 6. The quantitative estimate of drug-likeness (QED) is 0.0549. The summed E-state index contributed by atoms with van der Waals surface area (Å²) < 4.78 is 314. The van der Waals surface area contributed by atoms with E-state index in [1.54, 1.807) is 0 Å². The summed E-state index contributed by atoms with van der Waals surface area (Å²) in [5.41, 5.74) is -10.8. The van der Waals surface area contributed by atoms with Gasteiger partial charge in [0.1, 0.15) is 23.3 Å². The van der Waals surface area contributed by atoms with Crippen molar-refractivity contribution in [3.8, 4) is 0 Å². The van der Waals surface area contributed by atoms with Crippen LogP contribution in [0.4, 0.5) is 93.5 Å². The van der Waals surface area contributed by atoms with Crippen molar-refractivity contribution in [1.82, 2.24) is 0 Å². The van der Waals surface area contributed by atoms with Gasteiger partial charge in [0.05, 0.1) is 0 Å². The minimum Gasteiger partial charge on any atom is -0.404 e. The van der Waals surface area contributed by atoms with Gasteiger partial charge in [-0.1, -0.05) is 40.8 Å². The first kappa shape index (κ1) is 45.1. The number of nitrogens with zero attached hydrogens (tertiary/aromatic N) is 3. The molecule has 1 aliphatic rings. The first-order valence-electron chi connectivity index (χ1n) is 16.7. The molecular weight excluding hydrogens is 896 g/mol. The third-order valence-corrected chi connectivity index (χ3v) is 14.7. The molecule has 61 heavy (non-hydrogen) atoms. The second-order valence-electron chi connectivity index (χ2n) is 13.6. The summed E-state index contributed by atoms with van der Waals surface area (Å²) in [5, 5.41) is -2.28. The van der Waals surface area contributed by atoms with E-state index in [1.165, 1.54) is 6.92 Å². The molecule has 0 bridgehead atoms. The van der Waals surface area contributed by atoms with Gasteiger partial charge in [0.2, 0.25) is 82.5 Å². The second-order valence-corrected chi connectivity index (χ2v) is 16.7. The first-order chi connectivity index (χ1) is 28.3. The molecule has 0 saturated carbocycles. The van der Waals surface area contributed by atoms with E-state index in [4.69, 9.17) is 0 Å². The zero-order valence-electron chi connectivity index (χ0n) is 30.4. The molecule has 0 N–H and O–H groups in total. The maximum absolute atomic E-state index is 16.7. The van der Waals surface area contributed by atoms with E-state index in [2.05, 4.69) is 10.1 Å². The molecule has 324 valence electrons. The van der Waals surface area contributed by atoms with Gasteiger partial charge in [0, 0.05) is 11.2 Å². The van der Waals surface area contributed by atoms with Crippen LogP contribution in [0, 0.1) is 137 Å². The fourth-order valence-corrected chi connectivity index (χ4v) is 12.8. The molecule has 0 spiro atoms. The first-order valence-corrected chi connectivity index (χ1v) is 18.6. The molecule has 5 aromatic rings. The van der Waals surface area contributed by atoms with Gasteiger partial charge in [-0.05, 0) is 43.2 Å². The van der Waals surface area contributed by atoms with Crippen LogP contribution in [-0.4, -0.2) is 11.8 Å². The number of anilines is 1. The predicted octanol–water partition coefficient (Wildman–Crippen LogP) is 10.2. The van der Waals surface area contributed by atoms with Crippen molar-refractivity contribution >= 4 is 40.9 Å². The van der Waals surface area contributed by atoms with Crippen LogP contribution >= 0.6 is 7.41 Å². The van der Waals surface area contributed by atoms with Crippen LogP contribution in [0.5, 0.6) is 0 Å². The highest BCUT2D eigenvalue weighted by molar-refractivity contribution is 7.91. The Hall–Kier alpha value is -5.41. The third kappa shape index (κ3) is 5.86. The Morgan fingerprint density at radius 3 is 0.984 bits per heavy atom. The Bertz CT molecular complexity index is 2500. The van der Waals surface area contributed by atoms with E-state index in [1.807, 2.05) is 0 Å². The molecule has 1 aliphatic heterocycles. The van der Waals surface area contributed by atoms with Crippen LogP contribution in [0.3, 0.4) is 0 Å². The number of hydrogen-bond acceptors (Lipinski definition) is 3. The summed E-state index contributed by atoms with van der Waals surface area (Å²) in [6.07, 6.45) is -7.86. The average molecular weight is 913 g/mol. The fourth-order valence-electron chi connectivity index (χ4n) is 8.23. The maximum atomic E-state index is 16.7. The smallest absolute Gasteiger partial charge is 0.224 e. The molecule has 1 heterocycles. The van der Waals surface area contributed by atoms with Crippen LogP contribution in [0.1, 0.15) is 30.0 Å². The Labute approximate surface area is 328 Å². The van der Waals surface area contributed by atoms with Crippen molar-refractivity contribution in [2.24, 2.45) is 10.1 Å². The number of hydrogen-bond donors (Lipinski definition) is 0. The minimum atomic E-state index is -7.01. The van der Waals surface area contributed by atoms with Crippen molar-refractivity contribution in [3.63, 3.8) is 0 Å². The molecule has 0 fully saturated rings. The normalized spacial score (nSPS) is 15.9. The van der Waals surface area contributed by atoms with Crippen LogP contribution in [0.25, 0.3) is 0 Å². The van der Waals surface area contributed by atoms with E-state index in [-0.39, 0.29) is 10.5 Å². The van der Waals surface area contributed by atoms with Crippen molar-refractivity contribution < 1.29 is 87.8 Å². The maximum Gasteiger partial charge on any atom is 0.224 e. The van der Waals surface area contributed by atoms with Crippen LogP contribution in [0.15, 0.2) is 22.2 Å². The lowest BCUT2D eigenvalue weighted by atomic mass is 9.23. The van der Waals surface area contributed by atoms with Crippen LogP contribution < -0.4 is 26.5 Å². The zero-order chi connectivity index (χ0) is 45.9. The number of halogens is 20. The van der Waals surface area contributed by atoms with E-state index in [9.17, 15) is 17.6 Å². The number of benzene rings is 5. The number of aryl methyl sites for hydroxylation is 3. The highest BCUT2D eigenvalue weighted by Crippen LogP contribution is 2.70. The van der Waals surface area contributed by atoms with E-state index < -0.39 is 180 Å². The van der Waals surface area contributed by atoms with Crippen LogP contribution in [0.2, 0.25) is 0 Å². The van der Waals surface area contributed by atoms with Crippen molar-refractivity contribution in [1.29, 1.82) is 0 Å². The topological polar surface area (TPSA) is 28.0 Å². The third-order valence-electron chi connectivity index (χ3n) is 10.4. The monoisotopic (exact) mass is 913 g/mol. The molecule has 0 unspecified atom stereocenters. The zero-order valence-corrected chi connectivity index (χ0v) is 31.3. The fraction of sp³-hybridized carbons (Fsp3) is 0.167. The van der Waals surface area contributed by atoms with Gasteiger partial charge in [-0.25, -0.2) is 70.2 Å². The molecule has 1 atom stereocenters. The molecule has 0 amide bonds. The summed E-state index contributed by atoms with van der Waals surface area (Å²) in [6.45, 7) is 3.80. The lowest BCUT2D eigenvalue weighted by Gasteiger charge is -2.57. The summed E-state index contributed by atoms with van der Waals surface area (Å²) >= 11 is 0. The van der Waals surface area contributed by atoms with Gasteiger partial charge in [-0.3, -0.25) is 0 Å². The van der Waals surface area contributed by atoms with Gasteiger partial charge in [0.15, 0.2) is 34.9 Å². The molecule has 3 nitrogen and oxygen atoms in total. The molecule has 0 radical (unpaired) electrons. The van der Waals surface area contributed by atoms with E-state index >= 15 is 70.2 Å². The Morgan fingerprint density at radius 1 is 0.443 bits per heavy atom. The molecule has 0 aromatic heterocycles. The second kappa shape index (κ2) is 15.2. The lowest BCUT2D eigenvalue weighted by Crippen LogP contribution is -2.81. The molecule has 6 rings (SSSR count). The van der Waals surface area contributed by atoms with Gasteiger partial charge in [0.25, 0.3) is 0 Å². The largest absolute Gasteiger partial charge is 0.404 e. The van der Waals surface area contributed by atoms with Gasteiger partial charge in [-0.2, -0.15) is 17.6 Å². The molecule has 0 saturated heterocycles. The Kier molecular flexibility index (Phi) is 11.2. The summed E-state index contributed by atoms with van der Waals surface area (Å²) in [5.74, 6) is -63.9. The van der Waals surface area contributed by atoms with Crippen molar-refractivity contribution in [2.45, 2.75) is 39.7 Å². The molecular formula is C36H17BF20N3P. The van der Waals surface area contributed by atoms with Gasteiger partial charge >= 0.3 is 0 Å². The lowest BCUT2D eigenvalue weighted by molar-refractivity contribution is 0.380. The van der Waals surface area contributed by atoms with E-state index in [0.717, 1.165) is 26.0 Å². The average Bonchev–Trinajstić information content (AvgIpc) is 3.21. The Morgan fingerprint density at radius 2 is 0.705 bits per heavy atom. The molecule has 25 heteroatoms.